The molecule has 168 valence electrons. The summed E-state index contributed by atoms with van der Waals surface area (Å²) in [5.41, 5.74) is 2.53. The molecule has 0 aromatic heterocycles. The second kappa shape index (κ2) is 9.33. The summed E-state index contributed by atoms with van der Waals surface area (Å²) in [7, 11) is 0. The number of amides is 2. The highest BCUT2D eigenvalue weighted by Gasteiger charge is 2.25. The van der Waals surface area contributed by atoms with Gasteiger partial charge in [0.2, 0.25) is 0 Å². The van der Waals surface area contributed by atoms with Gasteiger partial charge in [-0.3, -0.25) is 9.59 Å². The number of likely N-dealkylation sites (tertiary alicyclic amines) is 2. The molecule has 0 unspecified atom stereocenters. The van der Waals surface area contributed by atoms with Crippen LogP contribution in [0.25, 0.3) is 0 Å². The van der Waals surface area contributed by atoms with Gasteiger partial charge >= 0.3 is 0 Å². The van der Waals surface area contributed by atoms with Gasteiger partial charge in [0.15, 0.2) is 0 Å². The Morgan fingerprint density at radius 3 is 2.25 bits per heavy atom. The molecule has 0 spiro atoms. The molecule has 5 rings (SSSR count). The zero-order valence-electron chi connectivity index (χ0n) is 18.6. The van der Waals surface area contributed by atoms with Crippen molar-refractivity contribution in [2.24, 2.45) is 0 Å². The predicted molar refractivity (Wildman–Crippen MR) is 123 cm³/mol. The van der Waals surface area contributed by atoms with Crippen molar-refractivity contribution in [3.8, 4) is 11.5 Å². The topological polar surface area (TPSA) is 53.1 Å². The van der Waals surface area contributed by atoms with Crippen molar-refractivity contribution in [1.82, 2.24) is 14.7 Å². The smallest absolute Gasteiger partial charge is 0.254 e. The first-order valence-corrected chi connectivity index (χ1v) is 11.9. The number of fused-ring (bicyclic) bond motifs is 1. The summed E-state index contributed by atoms with van der Waals surface area (Å²) < 4.78 is 6.03. The second-order valence-corrected chi connectivity index (χ2v) is 9.04. The highest BCUT2D eigenvalue weighted by molar-refractivity contribution is 5.97. The molecular weight excluding hydrogens is 402 g/mol. The first-order valence-electron chi connectivity index (χ1n) is 11.9. The Balaban J connectivity index is 1.21. The maximum Gasteiger partial charge on any atom is 0.254 e. The molecule has 6 heteroatoms. The van der Waals surface area contributed by atoms with Crippen molar-refractivity contribution in [2.75, 3.05) is 45.8 Å². The van der Waals surface area contributed by atoms with E-state index < -0.39 is 0 Å². The summed E-state index contributed by atoms with van der Waals surface area (Å²) >= 11 is 0. The van der Waals surface area contributed by atoms with Gasteiger partial charge in [-0.2, -0.15) is 0 Å². The molecule has 2 fully saturated rings. The molecule has 3 aliphatic heterocycles. The lowest BCUT2D eigenvalue weighted by Crippen LogP contribution is -2.42. The molecule has 2 aromatic carbocycles. The highest BCUT2D eigenvalue weighted by atomic mass is 16.5. The summed E-state index contributed by atoms with van der Waals surface area (Å²) in [5.74, 6) is 1.63. The van der Waals surface area contributed by atoms with E-state index in [0.717, 1.165) is 82.0 Å². The molecule has 2 aromatic rings. The zero-order chi connectivity index (χ0) is 21.9. The quantitative estimate of drug-likeness (QED) is 0.695. The number of nitrogens with zero attached hydrogens (tertiary/aromatic N) is 3. The average molecular weight is 434 g/mol. The van der Waals surface area contributed by atoms with Crippen LogP contribution in [0.3, 0.4) is 0 Å². The van der Waals surface area contributed by atoms with Crippen molar-refractivity contribution in [3.63, 3.8) is 0 Å². The SMILES string of the molecule is O=C(c1ccc(Oc2ccc3c(c2)CCN(CCN2CCCC2)C3=O)cc1)N1CCCC1. The van der Waals surface area contributed by atoms with Crippen LogP contribution in [-0.2, 0) is 6.42 Å². The summed E-state index contributed by atoms with van der Waals surface area (Å²) in [6.45, 7) is 6.55. The fourth-order valence-corrected chi connectivity index (χ4v) is 4.96. The van der Waals surface area contributed by atoms with Gasteiger partial charge in [0.05, 0.1) is 0 Å². The fourth-order valence-electron chi connectivity index (χ4n) is 4.96. The number of rotatable bonds is 6. The maximum atomic E-state index is 12.9. The molecule has 32 heavy (non-hydrogen) atoms. The Bertz CT molecular complexity index is 976. The van der Waals surface area contributed by atoms with Gasteiger partial charge in [-0.15, -0.1) is 0 Å². The molecule has 6 nitrogen and oxygen atoms in total. The third kappa shape index (κ3) is 4.51. The Hall–Kier alpha value is -2.86. The molecule has 0 N–H and O–H groups in total. The highest BCUT2D eigenvalue weighted by Crippen LogP contribution is 2.28. The summed E-state index contributed by atoms with van der Waals surface area (Å²) in [6.07, 6.45) is 5.57. The van der Waals surface area contributed by atoms with Gasteiger partial charge in [-0.25, -0.2) is 0 Å². The molecule has 0 radical (unpaired) electrons. The van der Waals surface area contributed by atoms with Crippen molar-refractivity contribution in [1.29, 1.82) is 0 Å². The van der Waals surface area contributed by atoms with Crippen LogP contribution in [0.2, 0.25) is 0 Å². The van der Waals surface area contributed by atoms with E-state index in [2.05, 4.69) is 4.90 Å². The lowest BCUT2D eigenvalue weighted by Gasteiger charge is -2.30. The third-order valence-corrected chi connectivity index (χ3v) is 6.86. The normalized spacial score (nSPS) is 18.8. The van der Waals surface area contributed by atoms with Gasteiger partial charge in [-0.05, 0) is 93.2 Å². The summed E-state index contributed by atoms with van der Waals surface area (Å²) in [4.78, 5) is 31.8. The van der Waals surface area contributed by atoms with Crippen LogP contribution in [0.15, 0.2) is 42.5 Å². The maximum absolute atomic E-state index is 12.9. The van der Waals surface area contributed by atoms with E-state index in [1.807, 2.05) is 52.3 Å². The third-order valence-electron chi connectivity index (χ3n) is 6.86. The number of carbonyl (C=O) groups excluding carboxylic acids is 2. The van der Waals surface area contributed by atoms with Crippen LogP contribution in [0, 0.1) is 0 Å². The Morgan fingerprint density at radius 2 is 1.50 bits per heavy atom. The van der Waals surface area contributed by atoms with Gasteiger partial charge in [0.25, 0.3) is 11.8 Å². The number of carbonyl (C=O) groups is 2. The molecule has 2 saturated heterocycles. The molecule has 3 aliphatic rings. The first-order chi connectivity index (χ1) is 15.7. The van der Waals surface area contributed by atoms with Gasteiger partial charge in [-0.1, -0.05) is 0 Å². The number of hydrogen-bond donors (Lipinski definition) is 0. The largest absolute Gasteiger partial charge is 0.457 e. The molecule has 0 atom stereocenters. The molecule has 0 bridgehead atoms. The Labute approximate surface area is 189 Å². The number of ether oxygens (including phenoxy) is 1. The van der Waals surface area contributed by atoms with Gasteiger partial charge in [0, 0.05) is 43.9 Å². The minimum atomic E-state index is 0.0932. The minimum Gasteiger partial charge on any atom is -0.457 e. The molecule has 0 aliphatic carbocycles. The van der Waals surface area contributed by atoms with Gasteiger partial charge in [0.1, 0.15) is 11.5 Å². The average Bonchev–Trinajstić information content (AvgIpc) is 3.53. The van der Waals surface area contributed by atoms with Crippen LogP contribution in [0.5, 0.6) is 11.5 Å². The van der Waals surface area contributed by atoms with Crippen LogP contribution in [-0.4, -0.2) is 72.3 Å². The van der Waals surface area contributed by atoms with Crippen molar-refractivity contribution in [3.05, 3.63) is 59.2 Å². The molecule has 2 amide bonds. The second-order valence-electron chi connectivity index (χ2n) is 9.04. The van der Waals surface area contributed by atoms with E-state index in [9.17, 15) is 9.59 Å². The van der Waals surface area contributed by atoms with E-state index in [1.54, 1.807) is 0 Å². The van der Waals surface area contributed by atoms with Crippen molar-refractivity contribution in [2.45, 2.75) is 32.1 Å². The van der Waals surface area contributed by atoms with E-state index in [1.165, 1.54) is 12.8 Å². The predicted octanol–water partition coefficient (Wildman–Crippen LogP) is 3.81. The molecular formula is C26H31N3O3. The van der Waals surface area contributed by atoms with E-state index in [0.29, 0.717) is 11.3 Å². The standard InChI is InChI=1S/C26H31N3O3/c30-25(28-14-3-4-15-28)20-5-7-22(8-6-20)32-23-9-10-24-21(19-23)11-16-29(26(24)31)18-17-27-12-1-2-13-27/h5-10,19H,1-4,11-18H2. The minimum absolute atomic E-state index is 0.0932. The molecule has 3 heterocycles. The van der Waals surface area contributed by atoms with E-state index >= 15 is 0 Å². The van der Waals surface area contributed by atoms with Crippen molar-refractivity contribution < 1.29 is 14.3 Å². The number of hydrogen-bond acceptors (Lipinski definition) is 4. The number of benzene rings is 2. The van der Waals surface area contributed by atoms with E-state index in [-0.39, 0.29) is 11.8 Å². The monoisotopic (exact) mass is 433 g/mol. The van der Waals surface area contributed by atoms with Crippen LogP contribution in [0.1, 0.15) is 52.0 Å². The summed E-state index contributed by atoms with van der Waals surface area (Å²) in [5, 5.41) is 0. The van der Waals surface area contributed by atoms with Gasteiger partial charge < -0.3 is 19.4 Å². The van der Waals surface area contributed by atoms with Crippen LogP contribution in [0.4, 0.5) is 0 Å². The van der Waals surface area contributed by atoms with Crippen molar-refractivity contribution >= 4 is 11.8 Å². The first kappa shape index (κ1) is 21.0. The molecule has 0 saturated carbocycles. The lowest BCUT2D eigenvalue weighted by molar-refractivity contribution is 0.0723. The lowest BCUT2D eigenvalue weighted by atomic mass is 9.98. The Morgan fingerprint density at radius 1 is 0.812 bits per heavy atom. The zero-order valence-corrected chi connectivity index (χ0v) is 18.6. The van der Waals surface area contributed by atoms with Crippen LogP contribution >= 0.6 is 0 Å². The van der Waals surface area contributed by atoms with Crippen LogP contribution < -0.4 is 4.74 Å². The fraction of sp³-hybridized carbons (Fsp3) is 0.462. The Kier molecular flexibility index (Phi) is 6.12. The van der Waals surface area contributed by atoms with E-state index in [4.69, 9.17) is 4.74 Å². The summed E-state index contributed by atoms with van der Waals surface area (Å²) in [6, 6.07) is 13.1.